The summed E-state index contributed by atoms with van der Waals surface area (Å²) in [6.45, 7) is 1.47. The van der Waals surface area contributed by atoms with E-state index in [9.17, 15) is 14.9 Å². The van der Waals surface area contributed by atoms with E-state index in [2.05, 4.69) is 15.9 Å². The third-order valence-corrected chi connectivity index (χ3v) is 3.69. The average molecular weight is 327 g/mol. The number of nitro benzene ring substituents is 1. The molecular weight excluding hydrogens is 312 g/mol. The molecule has 0 radical (unpaired) electrons. The quantitative estimate of drug-likeness (QED) is 0.618. The lowest BCUT2D eigenvalue weighted by Crippen LogP contribution is -2.31. The minimum atomic E-state index is -0.482. The zero-order valence-electron chi connectivity index (χ0n) is 10.5. The summed E-state index contributed by atoms with van der Waals surface area (Å²) < 4.78 is 0.555. The van der Waals surface area contributed by atoms with E-state index < -0.39 is 4.92 Å². The van der Waals surface area contributed by atoms with Crippen LogP contribution in [0.25, 0.3) is 0 Å². The van der Waals surface area contributed by atoms with Gasteiger partial charge in [-0.25, -0.2) is 0 Å². The van der Waals surface area contributed by atoms with Gasteiger partial charge in [-0.2, -0.15) is 0 Å². The summed E-state index contributed by atoms with van der Waals surface area (Å²) in [7, 11) is 0. The fourth-order valence-corrected chi connectivity index (χ4v) is 2.74. The number of amides is 1. The van der Waals surface area contributed by atoms with Crippen molar-refractivity contribution in [3.8, 4) is 0 Å². The van der Waals surface area contributed by atoms with Crippen molar-refractivity contribution >= 4 is 27.5 Å². The minimum Gasteiger partial charge on any atom is -0.339 e. The van der Waals surface area contributed by atoms with Crippen LogP contribution in [0.4, 0.5) is 5.69 Å². The largest absolute Gasteiger partial charge is 0.339 e. The van der Waals surface area contributed by atoms with Gasteiger partial charge in [-0.3, -0.25) is 14.9 Å². The Kier molecular flexibility index (Phi) is 4.52. The summed E-state index contributed by atoms with van der Waals surface area (Å²) in [6, 6.07) is 4.39. The molecule has 19 heavy (non-hydrogen) atoms. The molecule has 1 aromatic carbocycles. The molecule has 1 heterocycles. The number of nitro groups is 1. The maximum atomic E-state index is 12.4. The Morgan fingerprint density at radius 3 is 2.37 bits per heavy atom. The highest BCUT2D eigenvalue weighted by atomic mass is 79.9. The van der Waals surface area contributed by atoms with Gasteiger partial charge in [0.1, 0.15) is 0 Å². The first-order chi connectivity index (χ1) is 9.08. The summed E-state index contributed by atoms with van der Waals surface area (Å²) in [5.41, 5.74) is 0.315. The Balaban J connectivity index is 2.24. The third-order valence-electron chi connectivity index (χ3n) is 3.23. The summed E-state index contributed by atoms with van der Waals surface area (Å²) in [5, 5.41) is 10.8. The molecule has 102 valence electrons. The molecule has 1 aliphatic rings. The molecular formula is C13H15BrN2O3. The lowest BCUT2D eigenvalue weighted by molar-refractivity contribution is -0.385. The first kappa shape index (κ1) is 14.0. The summed E-state index contributed by atoms with van der Waals surface area (Å²) in [4.78, 5) is 24.5. The van der Waals surface area contributed by atoms with Crippen LogP contribution < -0.4 is 0 Å². The van der Waals surface area contributed by atoms with Gasteiger partial charge in [0.25, 0.3) is 11.6 Å². The number of halogens is 1. The van der Waals surface area contributed by atoms with Crippen molar-refractivity contribution in [1.29, 1.82) is 0 Å². The molecule has 0 atom stereocenters. The number of hydrogen-bond acceptors (Lipinski definition) is 3. The van der Waals surface area contributed by atoms with Crippen LogP contribution in [-0.4, -0.2) is 28.8 Å². The molecule has 1 saturated heterocycles. The molecule has 6 heteroatoms. The topological polar surface area (TPSA) is 63.4 Å². The monoisotopic (exact) mass is 326 g/mol. The van der Waals surface area contributed by atoms with Crippen molar-refractivity contribution in [1.82, 2.24) is 4.90 Å². The second-order valence-corrected chi connectivity index (χ2v) is 5.58. The molecule has 0 bridgehead atoms. The number of non-ortho nitro benzene ring substituents is 1. The fraction of sp³-hybridized carbons (Fsp3) is 0.462. The van der Waals surface area contributed by atoms with Gasteiger partial charge in [0.2, 0.25) is 0 Å². The van der Waals surface area contributed by atoms with Gasteiger partial charge in [-0.05, 0) is 18.9 Å². The number of hydrogen-bond donors (Lipinski definition) is 0. The Hall–Kier alpha value is -1.43. The van der Waals surface area contributed by atoms with Gasteiger partial charge >= 0.3 is 0 Å². The smallest absolute Gasteiger partial charge is 0.271 e. The van der Waals surface area contributed by atoms with Crippen LogP contribution in [0, 0.1) is 10.1 Å². The first-order valence-corrected chi connectivity index (χ1v) is 7.11. The van der Waals surface area contributed by atoms with Crippen molar-refractivity contribution in [2.75, 3.05) is 13.1 Å². The SMILES string of the molecule is O=C(c1cc(Br)cc([N+](=O)[O-])c1)N1CCCCCC1. The lowest BCUT2D eigenvalue weighted by Gasteiger charge is -2.20. The molecule has 0 aliphatic carbocycles. The summed E-state index contributed by atoms with van der Waals surface area (Å²) in [5.74, 6) is -0.119. The van der Waals surface area contributed by atoms with E-state index >= 15 is 0 Å². The highest BCUT2D eigenvalue weighted by Crippen LogP contribution is 2.23. The minimum absolute atomic E-state index is 0.0625. The molecule has 0 N–H and O–H groups in total. The molecule has 0 spiro atoms. The highest BCUT2D eigenvalue weighted by Gasteiger charge is 2.20. The van der Waals surface area contributed by atoms with Gasteiger partial charge in [0.05, 0.1) is 4.92 Å². The van der Waals surface area contributed by atoms with E-state index in [-0.39, 0.29) is 11.6 Å². The van der Waals surface area contributed by atoms with E-state index in [1.807, 2.05) is 0 Å². The highest BCUT2D eigenvalue weighted by molar-refractivity contribution is 9.10. The third kappa shape index (κ3) is 3.53. The molecule has 0 aromatic heterocycles. The summed E-state index contributed by atoms with van der Waals surface area (Å²) >= 11 is 3.21. The molecule has 0 saturated carbocycles. The predicted octanol–water partition coefficient (Wildman–Crippen LogP) is 3.37. The lowest BCUT2D eigenvalue weighted by atomic mass is 10.1. The van der Waals surface area contributed by atoms with E-state index in [1.54, 1.807) is 11.0 Å². The number of rotatable bonds is 2. The second-order valence-electron chi connectivity index (χ2n) is 4.66. The maximum absolute atomic E-state index is 12.4. The number of carbonyl (C=O) groups is 1. The van der Waals surface area contributed by atoms with Crippen molar-refractivity contribution < 1.29 is 9.72 Å². The fourth-order valence-electron chi connectivity index (χ4n) is 2.26. The molecule has 0 unspecified atom stereocenters. The number of carbonyl (C=O) groups excluding carboxylic acids is 1. The second kappa shape index (κ2) is 6.14. The number of nitrogens with zero attached hydrogens (tertiary/aromatic N) is 2. The first-order valence-electron chi connectivity index (χ1n) is 6.32. The summed E-state index contributed by atoms with van der Waals surface area (Å²) in [6.07, 6.45) is 4.29. The van der Waals surface area contributed by atoms with Crippen LogP contribution in [0.1, 0.15) is 36.0 Å². The van der Waals surface area contributed by atoms with E-state index in [0.717, 1.165) is 38.8 Å². The molecule has 2 rings (SSSR count). The molecule has 1 aromatic rings. The Labute approximate surface area is 119 Å². The van der Waals surface area contributed by atoms with Crippen LogP contribution in [0.3, 0.4) is 0 Å². The van der Waals surface area contributed by atoms with Gasteiger partial charge in [-0.15, -0.1) is 0 Å². The van der Waals surface area contributed by atoms with Gasteiger partial charge in [0, 0.05) is 35.3 Å². The Morgan fingerprint density at radius 2 is 1.79 bits per heavy atom. The average Bonchev–Trinajstić information content (AvgIpc) is 2.65. The number of likely N-dealkylation sites (tertiary alicyclic amines) is 1. The number of benzene rings is 1. The van der Waals surface area contributed by atoms with Gasteiger partial charge in [-0.1, -0.05) is 28.8 Å². The Bertz CT molecular complexity index is 497. The van der Waals surface area contributed by atoms with E-state index in [1.165, 1.54) is 12.1 Å². The normalized spacial score (nSPS) is 15.9. The van der Waals surface area contributed by atoms with Crippen LogP contribution in [0.2, 0.25) is 0 Å². The predicted molar refractivity (Wildman–Crippen MR) is 75.2 cm³/mol. The van der Waals surface area contributed by atoms with Crippen molar-refractivity contribution in [2.24, 2.45) is 0 Å². The van der Waals surface area contributed by atoms with Gasteiger partial charge in [0.15, 0.2) is 0 Å². The zero-order chi connectivity index (χ0) is 13.8. The van der Waals surface area contributed by atoms with Crippen LogP contribution >= 0.6 is 15.9 Å². The van der Waals surface area contributed by atoms with Crippen LogP contribution in [0.5, 0.6) is 0 Å². The standard InChI is InChI=1S/C13H15BrN2O3/c14-11-7-10(8-12(9-11)16(18)19)13(17)15-5-3-1-2-4-6-15/h7-9H,1-6H2. The molecule has 1 amide bonds. The van der Waals surface area contributed by atoms with E-state index in [0.29, 0.717) is 10.0 Å². The molecule has 5 nitrogen and oxygen atoms in total. The van der Waals surface area contributed by atoms with Crippen LogP contribution in [-0.2, 0) is 0 Å². The van der Waals surface area contributed by atoms with E-state index in [4.69, 9.17) is 0 Å². The van der Waals surface area contributed by atoms with Crippen molar-refractivity contribution in [2.45, 2.75) is 25.7 Å². The van der Waals surface area contributed by atoms with Crippen molar-refractivity contribution in [3.63, 3.8) is 0 Å². The maximum Gasteiger partial charge on any atom is 0.271 e. The Morgan fingerprint density at radius 1 is 1.16 bits per heavy atom. The van der Waals surface area contributed by atoms with Crippen LogP contribution in [0.15, 0.2) is 22.7 Å². The van der Waals surface area contributed by atoms with Crippen molar-refractivity contribution in [3.05, 3.63) is 38.3 Å². The zero-order valence-corrected chi connectivity index (χ0v) is 12.1. The van der Waals surface area contributed by atoms with Gasteiger partial charge < -0.3 is 4.90 Å². The molecule has 1 aliphatic heterocycles. The molecule has 1 fully saturated rings.